The summed E-state index contributed by atoms with van der Waals surface area (Å²) in [5.41, 5.74) is 1.18. The van der Waals surface area contributed by atoms with Crippen LogP contribution in [-0.4, -0.2) is 16.9 Å². The molecule has 0 aliphatic carbocycles. The van der Waals surface area contributed by atoms with Gasteiger partial charge in [-0.3, -0.25) is 15.1 Å². The van der Waals surface area contributed by atoms with Crippen LogP contribution in [0.5, 0.6) is 0 Å². The highest BCUT2D eigenvalue weighted by Gasteiger charge is 2.23. The molecule has 138 valence electrons. The van der Waals surface area contributed by atoms with Crippen LogP contribution in [0.3, 0.4) is 0 Å². The van der Waals surface area contributed by atoms with E-state index in [1.807, 2.05) is 19.2 Å². The molecule has 2 rings (SSSR count). The van der Waals surface area contributed by atoms with Crippen molar-refractivity contribution in [3.8, 4) is 0 Å². The lowest BCUT2D eigenvalue weighted by molar-refractivity contribution is 0.0961. The van der Waals surface area contributed by atoms with Gasteiger partial charge in [-0.05, 0) is 46.5 Å². The van der Waals surface area contributed by atoms with E-state index in [4.69, 9.17) is 11.6 Å². The Hall–Kier alpha value is -2.06. The first kappa shape index (κ1) is 20.3. The zero-order valence-corrected chi connectivity index (χ0v) is 16.4. The van der Waals surface area contributed by atoms with Crippen LogP contribution in [0.1, 0.15) is 41.4 Å². The number of halogens is 4. The van der Waals surface area contributed by atoms with Crippen LogP contribution in [0.25, 0.3) is 0 Å². The third-order valence-corrected chi connectivity index (χ3v) is 4.56. The van der Waals surface area contributed by atoms with Crippen molar-refractivity contribution in [2.45, 2.75) is 26.7 Å². The Kier molecular flexibility index (Phi) is 6.30. The first-order valence-electron chi connectivity index (χ1n) is 7.54. The fourth-order valence-corrected chi connectivity index (χ4v) is 3.15. The second-order valence-electron chi connectivity index (χ2n) is 5.79. The van der Waals surface area contributed by atoms with E-state index in [-0.39, 0.29) is 5.92 Å². The van der Waals surface area contributed by atoms with Crippen molar-refractivity contribution in [2.75, 3.05) is 5.32 Å². The minimum atomic E-state index is -1.12. The summed E-state index contributed by atoms with van der Waals surface area (Å²) in [5, 5.41) is 4.02. The van der Waals surface area contributed by atoms with E-state index in [9.17, 15) is 18.4 Å². The Labute approximate surface area is 162 Å². The van der Waals surface area contributed by atoms with E-state index in [0.717, 1.165) is 5.56 Å². The van der Waals surface area contributed by atoms with E-state index in [1.165, 1.54) is 0 Å². The lowest BCUT2D eigenvalue weighted by atomic mass is 10.1. The molecule has 0 unspecified atom stereocenters. The topological polar surface area (TPSA) is 71.1 Å². The molecule has 0 saturated heterocycles. The lowest BCUT2D eigenvalue weighted by Gasteiger charge is -2.15. The van der Waals surface area contributed by atoms with Gasteiger partial charge >= 0.3 is 6.03 Å². The number of urea groups is 1. The molecule has 1 heterocycles. The number of nitrogens with zero attached hydrogens (tertiary/aromatic N) is 1. The molecule has 2 N–H and O–H groups in total. The summed E-state index contributed by atoms with van der Waals surface area (Å²) in [6.45, 7) is 5.58. The molecular weight excluding hydrogens is 432 g/mol. The molecule has 2 aromatic rings. The number of rotatable bonds is 3. The standard InChI is InChI=1S/C17H15BrClF2N3O2/c1-7(2)14-15(8(3)4-5-22-14)23-17(26)24-16(25)11-10(20)6-9(19)13(21)12(11)18/h4-7H,1-3H3,(H2,23,24,25,26). The van der Waals surface area contributed by atoms with Crippen molar-refractivity contribution in [2.24, 2.45) is 0 Å². The van der Waals surface area contributed by atoms with Crippen molar-refractivity contribution in [1.29, 1.82) is 0 Å². The molecular formula is C17H15BrClF2N3O2. The maximum absolute atomic E-state index is 14.0. The van der Waals surface area contributed by atoms with Crippen molar-refractivity contribution >= 4 is 45.2 Å². The third kappa shape index (κ3) is 4.19. The zero-order valence-electron chi connectivity index (χ0n) is 14.1. The average Bonchev–Trinajstić information content (AvgIpc) is 2.54. The van der Waals surface area contributed by atoms with Crippen LogP contribution in [0.4, 0.5) is 19.3 Å². The van der Waals surface area contributed by atoms with Gasteiger partial charge in [-0.25, -0.2) is 13.6 Å². The number of carbonyl (C=O) groups excluding carboxylic acids is 2. The summed E-state index contributed by atoms with van der Waals surface area (Å²) in [6, 6.07) is 1.47. The van der Waals surface area contributed by atoms with E-state index in [2.05, 4.69) is 26.2 Å². The molecule has 0 fully saturated rings. The summed E-state index contributed by atoms with van der Waals surface area (Å²) < 4.78 is 27.3. The minimum Gasteiger partial charge on any atom is -0.306 e. The molecule has 0 aliphatic rings. The van der Waals surface area contributed by atoms with Gasteiger partial charge in [0, 0.05) is 6.20 Å². The van der Waals surface area contributed by atoms with Crippen molar-refractivity contribution in [3.63, 3.8) is 0 Å². The summed E-state index contributed by atoms with van der Waals surface area (Å²) in [5.74, 6) is -3.15. The van der Waals surface area contributed by atoms with Gasteiger partial charge in [0.2, 0.25) is 0 Å². The van der Waals surface area contributed by atoms with Crippen molar-refractivity contribution in [3.05, 3.63) is 56.3 Å². The predicted molar refractivity (Wildman–Crippen MR) is 98.6 cm³/mol. The molecule has 1 aromatic heterocycles. The number of hydrogen-bond acceptors (Lipinski definition) is 3. The average molecular weight is 447 g/mol. The van der Waals surface area contributed by atoms with Gasteiger partial charge in [0.05, 0.1) is 26.4 Å². The second-order valence-corrected chi connectivity index (χ2v) is 6.99. The number of anilines is 1. The summed E-state index contributed by atoms with van der Waals surface area (Å²) >= 11 is 8.29. The molecule has 9 heteroatoms. The van der Waals surface area contributed by atoms with Gasteiger partial charge in [-0.15, -0.1) is 0 Å². The Morgan fingerprint density at radius 3 is 2.58 bits per heavy atom. The van der Waals surface area contributed by atoms with Gasteiger partial charge in [0.25, 0.3) is 5.91 Å². The first-order valence-corrected chi connectivity index (χ1v) is 8.71. The largest absolute Gasteiger partial charge is 0.326 e. The Morgan fingerprint density at radius 1 is 1.31 bits per heavy atom. The molecule has 0 bridgehead atoms. The van der Waals surface area contributed by atoms with Crippen LogP contribution < -0.4 is 10.6 Å². The highest BCUT2D eigenvalue weighted by Crippen LogP contribution is 2.29. The molecule has 5 nitrogen and oxygen atoms in total. The molecule has 1 aromatic carbocycles. The fraction of sp³-hybridized carbons (Fsp3) is 0.235. The number of benzene rings is 1. The number of amides is 3. The number of carbonyl (C=O) groups is 2. The van der Waals surface area contributed by atoms with E-state index >= 15 is 0 Å². The fourth-order valence-electron chi connectivity index (χ4n) is 2.26. The SMILES string of the molecule is Cc1ccnc(C(C)C)c1NC(=O)NC(=O)c1c(F)cc(Cl)c(F)c1Br. The van der Waals surface area contributed by atoms with E-state index < -0.39 is 38.6 Å². The van der Waals surface area contributed by atoms with Crippen molar-refractivity contribution in [1.82, 2.24) is 10.3 Å². The zero-order chi connectivity index (χ0) is 19.6. The van der Waals surface area contributed by atoms with Crippen LogP contribution >= 0.6 is 27.5 Å². The third-order valence-electron chi connectivity index (χ3n) is 3.54. The predicted octanol–water partition coefficient (Wildman–Crippen LogP) is 5.17. The molecule has 0 atom stereocenters. The van der Waals surface area contributed by atoms with Crippen molar-refractivity contribution < 1.29 is 18.4 Å². The molecule has 3 amide bonds. The van der Waals surface area contributed by atoms with Crippen LogP contribution in [0.15, 0.2) is 22.8 Å². The Balaban J connectivity index is 2.25. The maximum Gasteiger partial charge on any atom is 0.326 e. The summed E-state index contributed by atoms with van der Waals surface area (Å²) in [4.78, 5) is 28.6. The van der Waals surface area contributed by atoms with Gasteiger partial charge in [0.1, 0.15) is 5.82 Å². The van der Waals surface area contributed by atoms with Gasteiger partial charge < -0.3 is 5.32 Å². The maximum atomic E-state index is 14.0. The minimum absolute atomic E-state index is 0.0258. The first-order chi connectivity index (χ1) is 12.1. The highest BCUT2D eigenvalue weighted by atomic mass is 79.9. The van der Waals surface area contributed by atoms with E-state index in [1.54, 1.807) is 19.2 Å². The molecule has 0 radical (unpaired) electrons. The monoisotopic (exact) mass is 445 g/mol. The molecule has 26 heavy (non-hydrogen) atoms. The van der Waals surface area contributed by atoms with Gasteiger partial charge in [0.15, 0.2) is 5.82 Å². The quantitative estimate of drug-likeness (QED) is 0.505. The Bertz CT molecular complexity index is 891. The number of hydrogen-bond donors (Lipinski definition) is 2. The highest BCUT2D eigenvalue weighted by molar-refractivity contribution is 9.10. The van der Waals surface area contributed by atoms with Crippen LogP contribution in [0, 0.1) is 18.6 Å². The summed E-state index contributed by atoms with van der Waals surface area (Å²) in [6.07, 6.45) is 1.61. The second kappa shape index (κ2) is 8.09. The number of pyridine rings is 1. The van der Waals surface area contributed by atoms with E-state index in [0.29, 0.717) is 17.4 Å². The number of nitrogens with one attached hydrogen (secondary N) is 2. The Morgan fingerprint density at radius 2 is 1.96 bits per heavy atom. The summed E-state index contributed by atoms with van der Waals surface area (Å²) in [7, 11) is 0. The number of aromatic nitrogens is 1. The molecule has 0 aliphatic heterocycles. The number of aryl methyl sites for hydroxylation is 1. The van der Waals surface area contributed by atoms with Crippen LogP contribution in [-0.2, 0) is 0 Å². The van der Waals surface area contributed by atoms with Gasteiger partial charge in [-0.2, -0.15) is 0 Å². The molecule has 0 saturated carbocycles. The lowest BCUT2D eigenvalue weighted by Crippen LogP contribution is -2.35. The number of imide groups is 1. The molecule has 0 spiro atoms. The normalized spacial score (nSPS) is 10.8. The van der Waals surface area contributed by atoms with Gasteiger partial charge in [-0.1, -0.05) is 25.4 Å². The van der Waals surface area contributed by atoms with Crippen LogP contribution in [0.2, 0.25) is 5.02 Å². The smallest absolute Gasteiger partial charge is 0.306 e.